The molecular weight excluding hydrogens is 352 g/mol. The molecule has 2 aromatic carbocycles. The second-order valence-electron chi connectivity index (χ2n) is 6.89. The first kappa shape index (κ1) is 19.0. The monoisotopic (exact) mass is 376 g/mol. The minimum atomic E-state index is -3.74. The maximum Gasteiger partial charge on any atom is 0.243 e. The summed E-state index contributed by atoms with van der Waals surface area (Å²) in [6.07, 6.45) is -1.14. The number of nitrogens with zero attached hydrogens (tertiary/aromatic N) is 2. The molecule has 1 aliphatic heterocycles. The average molecular weight is 376 g/mol. The van der Waals surface area contributed by atoms with Gasteiger partial charge in [-0.2, -0.15) is 4.31 Å². The Bertz CT molecular complexity index is 829. The summed E-state index contributed by atoms with van der Waals surface area (Å²) in [5.41, 5.74) is -0.425. The second-order valence-corrected chi connectivity index (χ2v) is 8.83. The van der Waals surface area contributed by atoms with E-state index in [0.29, 0.717) is 6.54 Å². The lowest BCUT2D eigenvalue weighted by Gasteiger charge is -2.31. The number of sulfonamides is 1. The summed E-state index contributed by atoms with van der Waals surface area (Å²) >= 11 is 0. The van der Waals surface area contributed by atoms with Gasteiger partial charge in [-0.05, 0) is 24.7 Å². The summed E-state index contributed by atoms with van der Waals surface area (Å²) in [6.45, 7) is 0.516. The first-order valence-electron chi connectivity index (χ1n) is 8.49. The third-order valence-corrected chi connectivity index (χ3v) is 6.49. The van der Waals surface area contributed by atoms with Gasteiger partial charge in [0, 0.05) is 26.2 Å². The van der Waals surface area contributed by atoms with Crippen molar-refractivity contribution >= 4 is 10.0 Å². The topological polar surface area (TPSA) is 81.1 Å². The molecule has 0 amide bonds. The van der Waals surface area contributed by atoms with Crippen LogP contribution in [0.5, 0.6) is 0 Å². The van der Waals surface area contributed by atoms with Crippen LogP contribution in [0.4, 0.5) is 0 Å². The van der Waals surface area contributed by atoms with E-state index < -0.39 is 21.7 Å². The van der Waals surface area contributed by atoms with Gasteiger partial charge in [0.15, 0.2) is 0 Å². The zero-order valence-corrected chi connectivity index (χ0v) is 15.5. The predicted molar refractivity (Wildman–Crippen MR) is 98.9 cm³/mol. The number of hydrogen-bond donors (Lipinski definition) is 2. The molecule has 2 aromatic rings. The summed E-state index contributed by atoms with van der Waals surface area (Å²) in [5.74, 6) is 0. The third-order valence-electron chi connectivity index (χ3n) is 4.67. The van der Waals surface area contributed by atoms with Gasteiger partial charge in [-0.1, -0.05) is 48.5 Å². The van der Waals surface area contributed by atoms with Crippen molar-refractivity contribution in [3.63, 3.8) is 0 Å². The summed E-state index contributed by atoms with van der Waals surface area (Å²) in [6, 6.07) is 17.9. The molecule has 0 radical (unpaired) electrons. The summed E-state index contributed by atoms with van der Waals surface area (Å²) in [7, 11) is -1.90. The standard InChI is InChI=1S/C19H24N2O4S/c1-20(12-16-8-4-2-5-9-16)14-19(23)15-21(13-18(19)22)26(24,25)17-10-6-3-7-11-17/h2-11,18,22-23H,12-15H2,1H3/t18-,19+/m1/s1. The molecule has 26 heavy (non-hydrogen) atoms. The highest BCUT2D eigenvalue weighted by molar-refractivity contribution is 7.89. The summed E-state index contributed by atoms with van der Waals surface area (Å²) < 4.78 is 26.6. The van der Waals surface area contributed by atoms with Crippen LogP contribution in [0, 0.1) is 0 Å². The lowest BCUT2D eigenvalue weighted by molar-refractivity contribution is -0.0583. The molecule has 0 spiro atoms. The lowest BCUT2D eigenvalue weighted by atomic mass is 10.00. The van der Waals surface area contributed by atoms with Crippen LogP contribution in [0.15, 0.2) is 65.6 Å². The largest absolute Gasteiger partial charge is 0.389 e. The number of rotatable bonds is 6. The fraction of sp³-hybridized carbons (Fsp3) is 0.368. The molecule has 1 heterocycles. The van der Waals surface area contributed by atoms with E-state index in [9.17, 15) is 18.6 Å². The van der Waals surface area contributed by atoms with Crippen LogP contribution in [-0.2, 0) is 16.6 Å². The molecule has 7 heteroatoms. The van der Waals surface area contributed by atoms with Gasteiger partial charge in [0.05, 0.1) is 11.0 Å². The van der Waals surface area contributed by atoms with Gasteiger partial charge in [-0.15, -0.1) is 0 Å². The molecule has 2 atom stereocenters. The summed E-state index contributed by atoms with van der Waals surface area (Å²) in [5, 5.41) is 21.3. The molecule has 1 fully saturated rings. The Hall–Kier alpha value is -1.77. The zero-order chi connectivity index (χ0) is 18.8. The molecule has 1 saturated heterocycles. The van der Waals surface area contributed by atoms with Crippen LogP contribution in [0.3, 0.4) is 0 Å². The Morgan fingerprint density at radius 2 is 1.69 bits per heavy atom. The van der Waals surface area contributed by atoms with Crippen LogP contribution in [0.2, 0.25) is 0 Å². The SMILES string of the molecule is CN(Cc1ccccc1)C[C@]1(O)CN(S(=O)(=O)c2ccccc2)C[C@H]1O. The second kappa shape index (κ2) is 7.46. The van der Waals surface area contributed by atoms with E-state index in [0.717, 1.165) is 9.87 Å². The first-order valence-corrected chi connectivity index (χ1v) is 9.93. The maximum atomic E-state index is 12.7. The van der Waals surface area contributed by atoms with Crippen molar-refractivity contribution in [2.24, 2.45) is 0 Å². The Balaban J connectivity index is 1.71. The van der Waals surface area contributed by atoms with E-state index in [1.165, 1.54) is 12.1 Å². The molecule has 0 unspecified atom stereocenters. The lowest BCUT2D eigenvalue weighted by Crippen LogP contribution is -2.50. The molecule has 2 N–H and O–H groups in total. The smallest absolute Gasteiger partial charge is 0.243 e. The predicted octanol–water partition coefficient (Wildman–Crippen LogP) is 0.915. The van der Waals surface area contributed by atoms with Crippen LogP contribution in [0.25, 0.3) is 0 Å². The highest BCUT2D eigenvalue weighted by Gasteiger charge is 2.49. The first-order chi connectivity index (χ1) is 12.3. The van der Waals surface area contributed by atoms with Crippen LogP contribution in [-0.4, -0.2) is 66.2 Å². The van der Waals surface area contributed by atoms with Gasteiger partial charge in [0.25, 0.3) is 0 Å². The van der Waals surface area contributed by atoms with Gasteiger partial charge in [0.1, 0.15) is 5.60 Å². The molecular formula is C19H24N2O4S. The van der Waals surface area contributed by atoms with Crippen molar-refractivity contribution in [3.05, 3.63) is 66.2 Å². The fourth-order valence-corrected chi connectivity index (χ4v) is 4.87. The van der Waals surface area contributed by atoms with Crippen molar-refractivity contribution in [2.75, 3.05) is 26.7 Å². The van der Waals surface area contributed by atoms with Crippen molar-refractivity contribution in [1.29, 1.82) is 0 Å². The number of likely N-dealkylation sites (N-methyl/N-ethyl adjacent to an activating group) is 1. The van der Waals surface area contributed by atoms with Gasteiger partial charge >= 0.3 is 0 Å². The number of hydrogen-bond acceptors (Lipinski definition) is 5. The Labute approximate surface area is 154 Å². The zero-order valence-electron chi connectivity index (χ0n) is 14.7. The van der Waals surface area contributed by atoms with Crippen molar-refractivity contribution in [2.45, 2.75) is 23.1 Å². The minimum Gasteiger partial charge on any atom is -0.389 e. The number of aliphatic hydroxyl groups excluding tert-OH is 1. The Kier molecular flexibility index (Phi) is 5.45. The highest BCUT2D eigenvalue weighted by Crippen LogP contribution is 2.28. The maximum absolute atomic E-state index is 12.7. The summed E-state index contributed by atoms with van der Waals surface area (Å²) in [4.78, 5) is 2.05. The van der Waals surface area contributed by atoms with Crippen molar-refractivity contribution in [3.8, 4) is 0 Å². The van der Waals surface area contributed by atoms with Crippen LogP contribution in [0.1, 0.15) is 5.56 Å². The van der Waals surface area contributed by atoms with E-state index in [-0.39, 0.29) is 24.5 Å². The Morgan fingerprint density at radius 3 is 2.31 bits per heavy atom. The van der Waals surface area contributed by atoms with E-state index in [1.54, 1.807) is 18.2 Å². The molecule has 140 valence electrons. The quantitative estimate of drug-likeness (QED) is 0.783. The van der Waals surface area contributed by atoms with E-state index in [1.807, 2.05) is 42.3 Å². The molecule has 6 nitrogen and oxygen atoms in total. The van der Waals surface area contributed by atoms with Crippen molar-refractivity contribution < 1.29 is 18.6 Å². The van der Waals surface area contributed by atoms with Crippen LogP contribution >= 0.6 is 0 Å². The van der Waals surface area contributed by atoms with Gasteiger partial charge in [0.2, 0.25) is 10.0 Å². The molecule has 1 aliphatic rings. The molecule has 0 aromatic heterocycles. The normalized spacial score (nSPS) is 24.2. The molecule has 0 saturated carbocycles. The number of β-amino-alcohol motifs (C(OH)–C–C–N with tert-alkyl or cyclic N) is 2. The fourth-order valence-electron chi connectivity index (χ4n) is 3.34. The molecule has 3 rings (SSSR count). The highest BCUT2D eigenvalue weighted by atomic mass is 32.2. The molecule has 0 bridgehead atoms. The Morgan fingerprint density at radius 1 is 1.12 bits per heavy atom. The van der Waals surface area contributed by atoms with Gasteiger partial charge in [-0.25, -0.2) is 8.42 Å². The number of benzene rings is 2. The van der Waals surface area contributed by atoms with Gasteiger partial charge in [-0.3, -0.25) is 4.90 Å². The van der Waals surface area contributed by atoms with E-state index in [2.05, 4.69) is 0 Å². The number of aliphatic hydroxyl groups is 2. The minimum absolute atomic E-state index is 0.118. The van der Waals surface area contributed by atoms with E-state index in [4.69, 9.17) is 0 Å². The molecule has 0 aliphatic carbocycles. The van der Waals surface area contributed by atoms with Gasteiger partial charge < -0.3 is 10.2 Å². The van der Waals surface area contributed by atoms with Crippen LogP contribution < -0.4 is 0 Å². The van der Waals surface area contributed by atoms with E-state index >= 15 is 0 Å². The third kappa shape index (κ3) is 3.97. The average Bonchev–Trinajstić information content (AvgIpc) is 2.92. The van der Waals surface area contributed by atoms with Crippen molar-refractivity contribution in [1.82, 2.24) is 9.21 Å².